The molecule has 106 valence electrons. The second-order valence-corrected chi connectivity index (χ2v) is 4.84. The van der Waals surface area contributed by atoms with Gasteiger partial charge in [-0.25, -0.2) is 4.79 Å². The molecule has 0 aliphatic heterocycles. The molecule has 0 N–H and O–H groups in total. The third kappa shape index (κ3) is 3.45. The zero-order valence-electron chi connectivity index (χ0n) is 12.1. The van der Waals surface area contributed by atoms with Crippen molar-refractivity contribution in [2.24, 2.45) is 0 Å². The summed E-state index contributed by atoms with van der Waals surface area (Å²) in [5, 5.41) is 0. The largest absolute Gasteiger partial charge is 0.423 e. The molecule has 0 unspecified atom stereocenters. The summed E-state index contributed by atoms with van der Waals surface area (Å²) in [5.74, 6) is -0.136. The number of hydrogen-bond donors (Lipinski definition) is 0. The molecule has 3 nitrogen and oxygen atoms in total. The Bertz CT molecular complexity index is 697. The lowest BCUT2D eigenvalue weighted by molar-refractivity contribution is -0.130. The van der Waals surface area contributed by atoms with Crippen molar-refractivity contribution in [1.82, 2.24) is 0 Å². The van der Waals surface area contributed by atoms with Crippen LogP contribution in [0.15, 0.2) is 60.7 Å². The second kappa shape index (κ2) is 6.18. The van der Waals surface area contributed by atoms with Gasteiger partial charge in [0.1, 0.15) is 5.75 Å². The van der Waals surface area contributed by atoms with Crippen molar-refractivity contribution in [3.63, 3.8) is 0 Å². The summed E-state index contributed by atoms with van der Waals surface area (Å²) >= 11 is 0. The minimum Gasteiger partial charge on any atom is -0.423 e. The first kappa shape index (κ1) is 14.7. The first-order valence-electron chi connectivity index (χ1n) is 6.57. The Hall–Kier alpha value is -2.68. The minimum absolute atomic E-state index is 0.0501. The number of rotatable bonds is 4. The molecule has 0 saturated heterocycles. The molecule has 3 heteroatoms. The van der Waals surface area contributed by atoms with Crippen LogP contribution in [0, 0.1) is 6.92 Å². The van der Waals surface area contributed by atoms with E-state index in [9.17, 15) is 9.59 Å². The van der Waals surface area contributed by atoms with Crippen molar-refractivity contribution in [3.8, 4) is 5.75 Å². The van der Waals surface area contributed by atoms with Gasteiger partial charge in [-0.1, -0.05) is 30.8 Å². The molecule has 0 bridgehead atoms. The van der Waals surface area contributed by atoms with Crippen molar-refractivity contribution in [2.45, 2.75) is 13.8 Å². The number of aryl methyl sites for hydroxylation is 1. The molecule has 0 aliphatic rings. The van der Waals surface area contributed by atoms with E-state index in [0.29, 0.717) is 22.4 Å². The Kier molecular flexibility index (Phi) is 4.33. The van der Waals surface area contributed by atoms with Crippen molar-refractivity contribution in [3.05, 3.63) is 77.4 Å². The van der Waals surface area contributed by atoms with Crippen molar-refractivity contribution >= 4 is 11.8 Å². The second-order valence-electron chi connectivity index (χ2n) is 4.84. The minimum atomic E-state index is -0.479. The average molecular weight is 280 g/mol. The predicted molar refractivity (Wildman–Crippen MR) is 81.5 cm³/mol. The monoisotopic (exact) mass is 280 g/mol. The first-order valence-corrected chi connectivity index (χ1v) is 6.57. The Morgan fingerprint density at radius 1 is 1.00 bits per heavy atom. The Labute approximate surface area is 123 Å². The van der Waals surface area contributed by atoms with Gasteiger partial charge in [-0.3, -0.25) is 4.79 Å². The molecule has 2 aromatic carbocycles. The van der Waals surface area contributed by atoms with Gasteiger partial charge in [-0.05, 0) is 43.7 Å². The summed E-state index contributed by atoms with van der Waals surface area (Å²) in [6.07, 6.45) is 0. The number of ether oxygens (including phenoxy) is 1. The van der Waals surface area contributed by atoms with Gasteiger partial charge < -0.3 is 4.74 Å². The molecule has 0 aliphatic carbocycles. The van der Waals surface area contributed by atoms with Crippen LogP contribution in [-0.4, -0.2) is 11.8 Å². The van der Waals surface area contributed by atoms with E-state index in [4.69, 9.17) is 4.74 Å². The number of carbonyl (C=O) groups is 2. The highest BCUT2D eigenvalue weighted by Gasteiger charge is 2.12. The summed E-state index contributed by atoms with van der Waals surface area (Å²) in [6, 6.07) is 13.9. The lowest BCUT2D eigenvalue weighted by Gasteiger charge is -2.06. The Morgan fingerprint density at radius 3 is 2.19 bits per heavy atom. The SMILES string of the molecule is C=C(C)C(=O)Oc1ccc(C(=O)c2ccccc2C)cc1. The van der Waals surface area contributed by atoms with E-state index >= 15 is 0 Å². The highest BCUT2D eigenvalue weighted by molar-refractivity contribution is 6.09. The molecule has 0 spiro atoms. The summed E-state index contributed by atoms with van der Waals surface area (Å²) in [7, 11) is 0. The Balaban J connectivity index is 2.19. The molecular formula is C18H16O3. The molecule has 0 radical (unpaired) electrons. The van der Waals surface area contributed by atoms with Crippen LogP contribution >= 0.6 is 0 Å². The number of benzene rings is 2. The van der Waals surface area contributed by atoms with Crippen LogP contribution in [0.2, 0.25) is 0 Å². The lowest BCUT2D eigenvalue weighted by Crippen LogP contribution is -2.08. The van der Waals surface area contributed by atoms with Gasteiger partial charge in [-0.15, -0.1) is 0 Å². The van der Waals surface area contributed by atoms with Crippen molar-refractivity contribution < 1.29 is 14.3 Å². The number of hydrogen-bond acceptors (Lipinski definition) is 3. The van der Waals surface area contributed by atoms with Crippen LogP contribution in [-0.2, 0) is 4.79 Å². The van der Waals surface area contributed by atoms with E-state index in [-0.39, 0.29) is 5.78 Å². The smallest absolute Gasteiger partial charge is 0.338 e. The van der Waals surface area contributed by atoms with E-state index in [1.54, 1.807) is 37.3 Å². The van der Waals surface area contributed by atoms with Crippen LogP contribution in [0.3, 0.4) is 0 Å². The van der Waals surface area contributed by atoms with Crippen LogP contribution in [0.4, 0.5) is 0 Å². The molecule has 0 amide bonds. The van der Waals surface area contributed by atoms with E-state index in [2.05, 4.69) is 6.58 Å². The molecular weight excluding hydrogens is 264 g/mol. The van der Waals surface area contributed by atoms with Gasteiger partial charge in [0.05, 0.1) is 0 Å². The highest BCUT2D eigenvalue weighted by atomic mass is 16.5. The molecule has 0 atom stereocenters. The lowest BCUT2D eigenvalue weighted by atomic mass is 9.99. The molecule has 2 rings (SSSR count). The standard InChI is InChI=1S/C18H16O3/c1-12(2)18(20)21-15-10-8-14(9-11-15)17(19)16-7-5-4-6-13(16)3/h4-11H,1H2,2-3H3. The molecule has 0 aromatic heterocycles. The zero-order chi connectivity index (χ0) is 15.4. The Morgan fingerprint density at radius 2 is 1.62 bits per heavy atom. The zero-order valence-corrected chi connectivity index (χ0v) is 12.1. The van der Waals surface area contributed by atoms with Crippen LogP contribution in [0.1, 0.15) is 28.4 Å². The number of ketones is 1. The van der Waals surface area contributed by atoms with Crippen molar-refractivity contribution in [2.75, 3.05) is 0 Å². The summed E-state index contributed by atoms with van der Waals surface area (Å²) < 4.78 is 5.09. The van der Waals surface area contributed by atoms with Crippen LogP contribution in [0.25, 0.3) is 0 Å². The molecule has 0 saturated carbocycles. The fraction of sp³-hybridized carbons (Fsp3) is 0.111. The topological polar surface area (TPSA) is 43.4 Å². The van der Waals surface area contributed by atoms with Crippen LogP contribution < -0.4 is 4.74 Å². The fourth-order valence-electron chi connectivity index (χ4n) is 1.85. The predicted octanol–water partition coefficient (Wildman–Crippen LogP) is 3.71. The van der Waals surface area contributed by atoms with E-state index in [0.717, 1.165) is 5.56 Å². The maximum Gasteiger partial charge on any atom is 0.338 e. The maximum atomic E-state index is 12.4. The van der Waals surface area contributed by atoms with Gasteiger partial charge in [0, 0.05) is 16.7 Å². The van der Waals surface area contributed by atoms with Gasteiger partial charge in [0.25, 0.3) is 0 Å². The van der Waals surface area contributed by atoms with Crippen LogP contribution in [0.5, 0.6) is 5.75 Å². The molecule has 2 aromatic rings. The first-order chi connectivity index (χ1) is 9.99. The number of esters is 1. The highest BCUT2D eigenvalue weighted by Crippen LogP contribution is 2.18. The van der Waals surface area contributed by atoms with Gasteiger partial charge in [0.2, 0.25) is 0 Å². The van der Waals surface area contributed by atoms with Gasteiger partial charge in [0.15, 0.2) is 5.78 Å². The quantitative estimate of drug-likeness (QED) is 0.371. The van der Waals surface area contributed by atoms with Gasteiger partial charge in [-0.2, -0.15) is 0 Å². The summed E-state index contributed by atoms with van der Waals surface area (Å²) in [6.45, 7) is 7.00. The average Bonchev–Trinajstić information content (AvgIpc) is 2.47. The summed E-state index contributed by atoms with van der Waals surface area (Å²) in [4.78, 5) is 23.8. The van der Waals surface area contributed by atoms with E-state index in [1.807, 2.05) is 25.1 Å². The molecule has 0 fully saturated rings. The van der Waals surface area contributed by atoms with E-state index < -0.39 is 5.97 Å². The normalized spacial score (nSPS) is 10.0. The number of carbonyl (C=O) groups excluding carboxylic acids is 2. The molecule has 0 heterocycles. The van der Waals surface area contributed by atoms with E-state index in [1.165, 1.54) is 0 Å². The fourth-order valence-corrected chi connectivity index (χ4v) is 1.85. The third-order valence-corrected chi connectivity index (χ3v) is 3.07. The van der Waals surface area contributed by atoms with Gasteiger partial charge >= 0.3 is 5.97 Å². The maximum absolute atomic E-state index is 12.4. The molecule has 21 heavy (non-hydrogen) atoms. The summed E-state index contributed by atoms with van der Waals surface area (Å²) in [5.41, 5.74) is 2.49. The third-order valence-electron chi connectivity index (χ3n) is 3.07. The van der Waals surface area contributed by atoms with Crippen molar-refractivity contribution in [1.29, 1.82) is 0 Å².